The number of hydrogen-bond donors (Lipinski definition) is 0. The molecule has 0 aliphatic rings. The number of fused-ring (bicyclic) bond motifs is 1. The number of rotatable bonds is 9. The van der Waals surface area contributed by atoms with Crippen LogP contribution in [0.5, 0.6) is 0 Å². The highest BCUT2D eigenvalue weighted by Crippen LogP contribution is 2.15. The first-order valence-electron chi connectivity index (χ1n) is 9.90. The molecule has 0 aliphatic carbocycles. The Balaban J connectivity index is 2.67. The minimum atomic E-state index is -0.347. The molecule has 0 atom stereocenters. The molecule has 146 valence electrons. The van der Waals surface area contributed by atoms with E-state index in [1.54, 1.807) is 12.3 Å². The van der Waals surface area contributed by atoms with Crippen molar-refractivity contribution in [1.29, 1.82) is 0 Å². The highest BCUT2D eigenvalue weighted by molar-refractivity contribution is 6.09. The van der Waals surface area contributed by atoms with Gasteiger partial charge in [-0.15, -0.1) is 0 Å². The van der Waals surface area contributed by atoms with Gasteiger partial charge >= 0.3 is 0 Å². The van der Waals surface area contributed by atoms with E-state index in [9.17, 15) is 14.4 Å². The number of aryl methyl sites for hydroxylation is 1. The zero-order valence-corrected chi connectivity index (χ0v) is 16.5. The topological polar surface area (TPSA) is 72.3 Å². The van der Waals surface area contributed by atoms with Crippen molar-refractivity contribution in [2.45, 2.75) is 72.1 Å². The summed E-state index contributed by atoms with van der Waals surface area (Å²) in [5.41, 5.74) is 0.601. The molecule has 0 unspecified atom stereocenters. The molecule has 2 amide bonds. The lowest BCUT2D eigenvalue weighted by Crippen LogP contribution is -2.51. The summed E-state index contributed by atoms with van der Waals surface area (Å²) >= 11 is 0. The van der Waals surface area contributed by atoms with Crippen LogP contribution in [-0.2, 0) is 16.0 Å². The largest absolute Gasteiger partial charge is 0.275 e. The second-order valence-corrected chi connectivity index (χ2v) is 6.76. The normalized spacial score (nSPS) is 10.9. The van der Waals surface area contributed by atoms with E-state index in [2.05, 4.69) is 4.98 Å². The number of carbonyl (C=O) groups is 2. The molecule has 0 N–H and O–H groups in total. The van der Waals surface area contributed by atoms with Crippen LogP contribution in [0.1, 0.15) is 71.3 Å². The van der Waals surface area contributed by atoms with Gasteiger partial charge in [0.25, 0.3) is 5.56 Å². The lowest BCUT2D eigenvalue weighted by atomic mass is 10.1. The number of nitrogens with zero attached hydrogens (tertiary/aromatic N) is 3. The van der Waals surface area contributed by atoms with Crippen LogP contribution in [0.15, 0.2) is 29.2 Å². The monoisotopic (exact) mass is 371 g/mol. The lowest BCUT2D eigenvalue weighted by Gasteiger charge is -2.24. The summed E-state index contributed by atoms with van der Waals surface area (Å²) < 4.78 is 1.20. The Morgan fingerprint density at radius 3 is 2.22 bits per heavy atom. The van der Waals surface area contributed by atoms with Crippen molar-refractivity contribution in [3.63, 3.8) is 0 Å². The van der Waals surface area contributed by atoms with Crippen molar-refractivity contribution in [2.75, 3.05) is 5.01 Å². The molecule has 2 heterocycles. The van der Waals surface area contributed by atoms with E-state index in [0.29, 0.717) is 30.5 Å². The molecule has 6 heteroatoms. The molecule has 0 bridgehead atoms. The van der Waals surface area contributed by atoms with Crippen LogP contribution in [0.25, 0.3) is 11.0 Å². The molecule has 0 aliphatic heterocycles. The number of imide groups is 1. The van der Waals surface area contributed by atoms with Crippen molar-refractivity contribution < 1.29 is 9.59 Å². The summed E-state index contributed by atoms with van der Waals surface area (Å²) in [6, 6.07) is 5.45. The number of carbonyl (C=O) groups excluding carboxylic acids is 2. The van der Waals surface area contributed by atoms with Crippen LogP contribution in [-0.4, -0.2) is 21.5 Å². The van der Waals surface area contributed by atoms with E-state index in [0.717, 1.165) is 29.7 Å². The molecule has 2 aromatic rings. The fourth-order valence-electron chi connectivity index (χ4n) is 3.04. The Bertz CT molecular complexity index is 837. The molecule has 0 saturated carbocycles. The highest BCUT2D eigenvalue weighted by Gasteiger charge is 2.26. The Morgan fingerprint density at radius 2 is 1.67 bits per heavy atom. The number of amides is 2. The number of aromatic nitrogens is 2. The van der Waals surface area contributed by atoms with Crippen LogP contribution in [0.2, 0.25) is 0 Å². The van der Waals surface area contributed by atoms with Gasteiger partial charge in [0, 0.05) is 30.0 Å². The van der Waals surface area contributed by atoms with E-state index in [-0.39, 0.29) is 30.2 Å². The predicted octanol–water partition coefficient (Wildman–Crippen LogP) is 3.72. The average molecular weight is 371 g/mol. The van der Waals surface area contributed by atoms with E-state index in [1.165, 1.54) is 4.68 Å². The van der Waals surface area contributed by atoms with E-state index >= 15 is 0 Å². The first-order valence-corrected chi connectivity index (χ1v) is 9.90. The molecular weight excluding hydrogens is 342 g/mol. The Hall–Kier alpha value is -2.50. The molecule has 2 rings (SSSR count). The van der Waals surface area contributed by atoms with E-state index in [4.69, 9.17) is 0 Å². The molecule has 6 nitrogen and oxygen atoms in total. The maximum absolute atomic E-state index is 13.1. The maximum atomic E-state index is 13.1. The van der Waals surface area contributed by atoms with E-state index in [1.807, 2.05) is 32.9 Å². The van der Waals surface area contributed by atoms with Crippen molar-refractivity contribution in [2.24, 2.45) is 0 Å². The fraction of sp³-hybridized carbons (Fsp3) is 0.524. The van der Waals surface area contributed by atoms with Crippen LogP contribution in [0.4, 0.5) is 0 Å². The summed E-state index contributed by atoms with van der Waals surface area (Å²) in [6.45, 7) is 5.97. The van der Waals surface area contributed by atoms with Crippen LogP contribution in [0, 0.1) is 0 Å². The summed E-state index contributed by atoms with van der Waals surface area (Å²) in [7, 11) is 0. The van der Waals surface area contributed by atoms with Gasteiger partial charge in [-0.05, 0) is 37.5 Å². The zero-order chi connectivity index (χ0) is 19.8. The summed E-state index contributed by atoms with van der Waals surface area (Å²) in [6.07, 6.45) is 6.44. The first-order chi connectivity index (χ1) is 13.0. The molecule has 0 radical (unpaired) electrons. The predicted molar refractivity (Wildman–Crippen MR) is 107 cm³/mol. The summed E-state index contributed by atoms with van der Waals surface area (Å²) in [5.74, 6) is -0.693. The smallest absolute Gasteiger partial charge is 0.273 e. The van der Waals surface area contributed by atoms with Crippen molar-refractivity contribution in [3.8, 4) is 0 Å². The highest BCUT2D eigenvalue weighted by atomic mass is 16.2. The lowest BCUT2D eigenvalue weighted by molar-refractivity contribution is -0.129. The molecule has 0 saturated heterocycles. The van der Waals surface area contributed by atoms with Gasteiger partial charge in [-0.3, -0.25) is 14.4 Å². The minimum absolute atomic E-state index is 0.229. The maximum Gasteiger partial charge on any atom is 0.275 e. The van der Waals surface area contributed by atoms with Gasteiger partial charge in [-0.25, -0.2) is 4.98 Å². The number of unbranched alkanes of at least 4 members (excludes halogenated alkanes) is 2. The van der Waals surface area contributed by atoms with Gasteiger partial charge in [0.2, 0.25) is 11.8 Å². The van der Waals surface area contributed by atoms with Crippen LogP contribution < -0.4 is 10.6 Å². The number of hydrogen-bond acceptors (Lipinski definition) is 4. The third kappa shape index (κ3) is 4.81. The van der Waals surface area contributed by atoms with Gasteiger partial charge in [0.1, 0.15) is 0 Å². The van der Waals surface area contributed by atoms with Crippen molar-refractivity contribution >= 4 is 22.8 Å². The third-order valence-corrected chi connectivity index (χ3v) is 4.49. The molecular formula is C21H29N3O3. The van der Waals surface area contributed by atoms with Crippen molar-refractivity contribution in [3.05, 3.63) is 40.3 Å². The quantitative estimate of drug-likeness (QED) is 0.673. The fourth-order valence-corrected chi connectivity index (χ4v) is 3.04. The third-order valence-electron chi connectivity index (χ3n) is 4.49. The molecule has 27 heavy (non-hydrogen) atoms. The Morgan fingerprint density at radius 1 is 1.04 bits per heavy atom. The minimum Gasteiger partial charge on any atom is -0.273 e. The van der Waals surface area contributed by atoms with Crippen LogP contribution >= 0.6 is 0 Å². The summed E-state index contributed by atoms with van der Waals surface area (Å²) in [5, 5.41) is 1.79. The SMILES string of the molecule is CCCCC(=O)N(C(=O)CCCC)n1c(=O)c(CCC)cc2cccnc21. The number of pyridine rings is 2. The summed E-state index contributed by atoms with van der Waals surface area (Å²) in [4.78, 5) is 43.2. The second kappa shape index (κ2) is 10.00. The van der Waals surface area contributed by atoms with Gasteiger partial charge in [0.05, 0.1) is 0 Å². The Labute approximate surface area is 160 Å². The van der Waals surface area contributed by atoms with Crippen molar-refractivity contribution in [1.82, 2.24) is 9.66 Å². The molecule has 0 spiro atoms. The van der Waals surface area contributed by atoms with Gasteiger partial charge in [-0.1, -0.05) is 40.0 Å². The standard InChI is InChI=1S/C21H29N3O3/c1-4-7-12-18(25)23(19(26)13-8-5-2)24-20-16(11-9-14-22-20)15-17(10-6-3)21(24)27/h9,11,14-15H,4-8,10,12-13H2,1-3H3. The molecule has 2 aromatic heterocycles. The van der Waals surface area contributed by atoms with Gasteiger partial charge in [-0.2, -0.15) is 9.69 Å². The molecule has 0 aromatic carbocycles. The Kier molecular flexibility index (Phi) is 7.70. The van der Waals surface area contributed by atoms with E-state index < -0.39 is 0 Å². The van der Waals surface area contributed by atoms with Crippen LogP contribution in [0.3, 0.4) is 0 Å². The first kappa shape index (κ1) is 20.8. The zero-order valence-electron chi connectivity index (χ0n) is 16.5. The second-order valence-electron chi connectivity index (χ2n) is 6.76. The molecule has 0 fully saturated rings. The van der Waals surface area contributed by atoms with Gasteiger partial charge < -0.3 is 0 Å². The average Bonchev–Trinajstić information content (AvgIpc) is 2.67. The van der Waals surface area contributed by atoms with Gasteiger partial charge in [0.15, 0.2) is 5.65 Å².